The first-order valence-electron chi connectivity index (χ1n) is 5.89. The van der Waals surface area contributed by atoms with Crippen LogP contribution in [0.15, 0.2) is 0 Å². The average Bonchev–Trinajstić information content (AvgIpc) is 2.44. The van der Waals surface area contributed by atoms with Crippen molar-refractivity contribution in [3.05, 3.63) is 22.5 Å². The van der Waals surface area contributed by atoms with Gasteiger partial charge in [0.05, 0.1) is 32.1 Å². The highest BCUT2D eigenvalue weighted by atomic mass is 16.7. The monoisotopic (exact) mass is 255 g/mol. The minimum absolute atomic E-state index is 0.250. The van der Waals surface area contributed by atoms with E-state index in [0.29, 0.717) is 34.7 Å². The summed E-state index contributed by atoms with van der Waals surface area (Å²) in [6, 6.07) is 0. The molecular formula is C12H17NO5. The summed E-state index contributed by atoms with van der Waals surface area (Å²) in [6.07, 6.45) is 0.316. The second-order valence-corrected chi connectivity index (χ2v) is 4.03. The van der Waals surface area contributed by atoms with Crippen LogP contribution < -0.4 is 4.74 Å². The smallest absolute Gasteiger partial charge is 0.200 e. The lowest BCUT2D eigenvalue weighted by atomic mass is 10.0. The molecule has 0 saturated heterocycles. The van der Waals surface area contributed by atoms with Crippen molar-refractivity contribution in [1.29, 1.82) is 0 Å². The zero-order chi connectivity index (χ0) is 13.1. The number of hydrogen-bond acceptors (Lipinski definition) is 6. The second-order valence-electron chi connectivity index (χ2n) is 4.03. The van der Waals surface area contributed by atoms with Gasteiger partial charge in [-0.2, -0.15) is 0 Å². The molecule has 1 aromatic rings. The number of hydrogen-bond donors (Lipinski definition) is 3. The predicted molar refractivity (Wildman–Crippen MR) is 61.5 cm³/mol. The molecule has 2 heterocycles. The van der Waals surface area contributed by atoms with E-state index >= 15 is 0 Å². The zero-order valence-electron chi connectivity index (χ0n) is 10.2. The summed E-state index contributed by atoms with van der Waals surface area (Å²) < 4.78 is 11.1. The van der Waals surface area contributed by atoms with Crippen molar-refractivity contribution in [2.45, 2.75) is 46.1 Å². The Labute approximate surface area is 105 Å². The van der Waals surface area contributed by atoms with E-state index in [0.717, 1.165) is 0 Å². The molecule has 1 unspecified atom stereocenters. The molecule has 0 amide bonds. The molecule has 0 aliphatic carbocycles. The summed E-state index contributed by atoms with van der Waals surface area (Å²) in [4.78, 5) is 4.12. The molecular weight excluding hydrogens is 238 g/mol. The van der Waals surface area contributed by atoms with Crippen LogP contribution in [-0.4, -0.2) is 26.6 Å². The minimum atomic E-state index is -0.365. The third-order valence-electron chi connectivity index (χ3n) is 2.97. The van der Waals surface area contributed by atoms with Gasteiger partial charge in [0.15, 0.2) is 12.0 Å². The summed E-state index contributed by atoms with van der Waals surface area (Å²) >= 11 is 0. The lowest BCUT2D eigenvalue weighted by Gasteiger charge is -2.29. The van der Waals surface area contributed by atoms with Crippen molar-refractivity contribution in [3.8, 4) is 5.75 Å². The lowest BCUT2D eigenvalue weighted by molar-refractivity contribution is -0.110. The van der Waals surface area contributed by atoms with E-state index in [2.05, 4.69) is 4.98 Å². The third-order valence-corrected chi connectivity index (χ3v) is 2.97. The van der Waals surface area contributed by atoms with Crippen LogP contribution in [0.2, 0.25) is 0 Å². The van der Waals surface area contributed by atoms with Crippen molar-refractivity contribution in [2.24, 2.45) is 0 Å². The molecule has 6 nitrogen and oxygen atoms in total. The predicted octanol–water partition coefficient (Wildman–Crippen LogP) is 0.204. The minimum Gasteiger partial charge on any atom is -0.463 e. The maximum absolute atomic E-state index is 9.37. The van der Waals surface area contributed by atoms with Gasteiger partial charge in [-0.3, -0.25) is 0 Å². The fourth-order valence-corrected chi connectivity index (χ4v) is 2.03. The molecule has 1 atom stereocenters. The van der Waals surface area contributed by atoms with Gasteiger partial charge in [0, 0.05) is 17.5 Å². The molecule has 1 aromatic heterocycles. The molecule has 0 saturated carbocycles. The molecule has 0 radical (unpaired) electrons. The highest BCUT2D eigenvalue weighted by molar-refractivity contribution is 5.45. The molecule has 0 spiro atoms. The lowest BCUT2D eigenvalue weighted by Crippen LogP contribution is -2.27. The molecule has 0 fully saturated rings. The van der Waals surface area contributed by atoms with Gasteiger partial charge < -0.3 is 24.8 Å². The molecule has 0 aromatic carbocycles. The summed E-state index contributed by atoms with van der Waals surface area (Å²) in [5.74, 6) is 0.469. The Balaban J connectivity index is 2.52. The number of ether oxygens (including phenoxy) is 2. The number of pyridine rings is 1. The van der Waals surface area contributed by atoms with Crippen LogP contribution in [-0.2, 0) is 31.2 Å². The summed E-state index contributed by atoms with van der Waals surface area (Å²) in [6.45, 7) is 1.38. The Hall–Kier alpha value is -1.21. The van der Waals surface area contributed by atoms with Gasteiger partial charge in [0.1, 0.15) is 5.69 Å². The second kappa shape index (κ2) is 5.62. The van der Waals surface area contributed by atoms with Crippen molar-refractivity contribution in [1.82, 2.24) is 4.98 Å². The Morgan fingerprint density at radius 2 is 1.89 bits per heavy atom. The van der Waals surface area contributed by atoms with Crippen LogP contribution in [0.25, 0.3) is 0 Å². The van der Waals surface area contributed by atoms with E-state index in [4.69, 9.17) is 9.47 Å². The number of fused-ring (bicyclic) bond motifs is 1. The van der Waals surface area contributed by atoms with Crippen molar-refractivity contribution >= 4 is 0 Å². The number of nitrogens with zero attached hydrogens (tertiary/aromatic N) is 1. The largest absolute Gasteiger partial charge is 0.463 e. The number of rotatable bonds is 4. The summed E-state index contributed by atoms with van der Waals surface area (Å²) in [7, 11) is 0. The van der Waals surface area contributed by atoms with Crippen LogP contribution in [0.4, 0.5) is 0 Å². The Morgan fingerprint density at radius 1 is 1.17 bits per heavy atom. The van der Waals surface area contributed by atoms with Gasteiger partial charge in [-0.1, -0.05) is 6.92 Å². The molecule has 3 N–H and O–H groups in total. The van der Waals surface area contributed by atoms with Crippen LogP contribution in [0, 0.1) is 0 Å². The van der Waals surface area contributed by atoms with Gasteiger partial charge in [0.25, 0.3) is 0 Å². The van der Waals surface area contributed by atoms with Gasteiger partial charge >= 0.3 is 0 Å². The average molecular weight is 255 g/mol. The molecule has 6 heteroatoms. The SMILES string of the molecule is CCC1OCc2c(CO)c(CO)nc(CO)c2O1. The van der Waals surface area contributed by atoms with E-state index in [1.807, 2.05) is 6.92 Å². The van der Waals surface area contributed by atoms with Gasteiger partial charge in [-0.05, 0) is 0 Å². The molecule has 1 aliphatic rings. The van der Waals surface area contributed by atoms with Gasteiger partial charge in [-0.25, -0.2) is 4.98 Å². The molecule has 18 heavy (non-hydrogen) atoms. The molecule has 1 aliphatic heterocycles. The normalized spacial score (nSPS) is 18.3. The van der Waals surface area contributed by atoms with E-state index in [-0.39, 0.29) is 32.7 Å². The number of aromatic nitrogens is 1. The van der Waals surface area contributed by atoms with Crippen LogP contribution in [0.5, 0.6) is 5.75 Å². The van der Waals surface area contributed by atoms with E-state index in [9.17, 15) is 15.3 Å². The third kappa shape index (κ3) is 2.20. The first kappa shape index (κ1) is 13.2. The number of aliphatic hydroxyl groups excluding tert-OH is 3. The van der Waals surface area contributed by atoms with Gasteiger partial charge in [0.2, 0.25) is 0 Å². The Bertz CT molecular complexity index is 435. The van der Waals surface area contributed by atoms with Gasteiger partial charge in [-0.15, -0.1) is 0 Å². The Kier molecular flexibility index (Phi) is 4.13. The molecule has 2 rings (SSSR count). The topological polar surface area (TPSA) is 92.0 Å². The van der Waals surface area contributed by atoms with Crippen LogP contribution in [0.1, 0.15) is 35.9 Å². The fourth-order valence-electron chi connectivity index (χ4n) is 2.03. The van der Waals surface area contributed by atoms with E-state index in [1.165, 1.54) is 0 Å². The first-order valence-corrected chi connectivity index (χ1v) is 5.89. The van der Waals surface area contributed by atoms with Crippen molar-refractivity contribution in [3.63, 3.8) is 0 Å². The van der Waals surface area contributed by atoms with E-state index < -0.39 is 0 Å². The molecule has 100 valence electrons. The highest BCUT2D eigenvalue weighted by Crippen LogP contribution is 2.34. The Morgan fingerprint density at radius 3 is 2.44 bits per heavy atom. The molecule has 0 bridgehead atoms. The maximum atomic E-state index is 9.37. The highest BCUT2D eigenvalue weighted by Gasteiger charge is 2.26. The van der Waals surface area contributed by atoms with Crippen molar-refractivity contribution in [2.75, 3.05) is 0 Å². The fraction of sp³-hybridized carbons (Fsp3) is 0.583. The number of aliphatic hydroxyl groups is 3. The van der Waals surface area contributed by atoms with Crippen LogP contribution in [0.3, 0.4) is 0 Å². The first-order chi connectivity index (χ1) is 8.74. The maximum Gasteiger partial charge on any atom is 0.200 e. The van der Waals surface area contributed by atoms with Crippen LogP contribution >= 0.6 is 0 Å². The summed E-state index contributed by atoms with van der Waals surface area (Å²) in [5, 5.41) is 27.9. The standard InChI is InChI=1S/C12H17NO5/c1-2-11-17-6-8-7(3-14)9(4-15)13-10(5-16)12(8)18-11/h11,14-16H,2-6H2,1H3. The quantitative estimate of drug-likeness (QED) is 0.712. The van der Waals surface area contributed by atoms with Crippen molar-refractivity contribution < 1.29 is 24.8 Å². The zero-order valence-corrected chi connectivity index (χ0v) is 10.2. The summed E-state index contributed by atoms with van der Waals surface area (Å²) in [5.41, 5.74) is 1.89. The van der Waals surface area contributed by atoms with E-state index in [1.54, 1.807) is 0 Å².